The van der Waals surface area contributed by atoms with E-state index in [1.807, 2.05) is 0 Å². The molecule has 7 heteroatoms. The minimum Gasteiger partial charge on any atom is -0.267 e. The largest absolute Gasteiger partial charge is 0.279 e. The lowest BCUT2D eigenvalue weighted by Gasteiger charge is -2.07. The minimum atomic E-state index is -0.406. The van der Waals surface area contributed by atoms with Gasteiger partial charge in [-0.15, -0.1) is 0 Å². The fourth-order valence-corrected chi connectivity index (χ4v) is 2.39. The summed E-state index contributed by atoms with van der Waals surface area (Å²) in [5.41, 5.74) is -0.801. The maximum absolute atomic E-state index is 12.4. The van der Waals surface area contributed by atoms with Crippen LogP contribution in [0.15, 0.2) is 46.1 Å². The number of hydrogen-bond acceptors (Lipinski definition) is 3. The molecule has 0 aliphatic rings. The number of rotatable bonds is 1. The Hall–Kier alpha value is -2.11. The second-order valence-corrected chi connectivity index (χ2v) is 4.93. The third kappa shape index (κ3) is 2.01. The van der Waals surface area contributed by atoms with Crippen molar-refractivity contribution in [3.05, 3.63) is 67.3 Å². The highest BCUT2D eigenvalue weighted by molar-refractivity contribution is 6.35. The summed E-state index contributed by atoms with van der Waals surface area (Å²) in [6, 6.07) is 7.98. The molecule has 0 fully saturated rings. The molecule has 0 aliphatic carbocycles. The summed E-state index contributed by atoms with van der Waals surface area (Å²) in [6.07, 6.45) is 1.35. The molecule has 3 aromatic rings. The first kappa shape index (κ1) is 12.9. The lowest BCUT2D eigenvalue weighted by Crippen LogP contribution is -2.29. The Morgan fingerprint density at radius 1 is 1.10 bits per heavy atom. The first-order chi connectivity index (χ1) is 9.58. The second kappa shape index (κ2) is 4.77. The van der Waals surface area contributed by atoms with Crippen LogP contribution < -0.4 is 11.1 Å². The number of nitrogens with zero attached hydrogens (tertiary/aromatic N) is 2. The van der Waals surface area contributed by atoms with E-state index in [1.54, 1.807) is 24.3 Å². The first-order valence-electron chi connectivity index (χ1n) is 5.63. The number of hydrogen-bond donors (Lipinski definition) is 1. The van der Waals surface area contributed by atoms with Gasteiger partial charge in [-0.1, -0.05) is 35.3 Å². The molecule has 20 heavy (non-hydrogen) atoms. The van der Waals surface area contributed by atoms with Crippen LogP contribution in [0.1, 0.15) is 0 Å². The van der Waals surface area contributed by atoms with Crippen LogP contribution in [-0.4, -0.2) is 14.8 Å². The van der Waals surface area contributed by atoms with Gasteiger partial charge in [0.25, 0.3) is 11.1 Å². The number of aromatic nitrogens is 3. The quantitative estimate of drug-likeness (QED) is 0.750. The fourth-order valence-electron chi connectivity index (χ4n) is 1.92. The SMILES string of the molecule is O=c1[nH]n(-c2ncc(Cl)cc2Cl)c(=O)c2ccccc12. The number of fused-ring (bicyclic) bond motifs is 1. The lowest BCUT2D eigenvalue weighted by atomic mass is 10.2. The fraction of sp³-hybridized carbons (Fsp3) is 0. The highest BCUT2D eigenvalue weighted by Gasteiger charge is 2.12. The van der Waals surface area contributed by atoms with E-state index in [4.69, 9.17) is 23.2 Å². The van der Waals surface area contributed by atoms with Gasteiger partial charge < -0.3 is 0 Å². The Balaban J connectivity index is 2.41. The van der Waals surface area contributed by atoms with Crippen molar-refractivity contribution in [2.75, 3.05) is 0 Å². The topological polar surface area (TPSA) is 67.8 Å². The summed E-state index contributed by atoms with van der Waals surface area (Å²) >= 11 is 11.8. The molecule has 0 saturated heterocycles. The zero-order valence-corrected chi connectivity index (χ0v) is 11.4. The number of pyridine rings is 1. The molecular formula is C13H7Cl2N3O2. The number of aromatic amines is 1. The third-order valence-electron chi connectivity index (χ3n) is 2.82. The van der Waals surface area contributed by atoms with Gasteiger partial charge in [-0.3, -0.25) is 14.7 Å². The van der Waals surface area contributed by atoms with E-state index < -0.39 is 11.1 Å². The van der Waals surface area contributed by atoms with Crippen LogP contribution in [0.3, 0.4) is 0 Å². The molecule has 100 valence electrons. The van der Waals surface area contributed by atoms with Gasteiger partial charge in [0, 0.05) is 6.20 Å². The van der Waals surface area contributed by atoms with Crippen molar-refractivity contribution < 1.29 is 0 Å². The molecule has 0 saturated carbocycles. The van der Waals surface area contributed by atoms with Gasteiger partial charge >= 0.3 is 0 Å². The Labute approximate surface area is 122 Å². The van der Waals surface area contributed by atoms with Crippen molar-refractivity contribution in [1.82, 2.24) is 14.8 Å². The average molecular weight is 308 g/mol. The van der Waals surface area contributed by atoms with E-state index in [1.165, 1.54) is 12.3 Å². The summed E-state index contributed by atoms with van der Waals surface area (Å²) < 4.78 is 1.02. The van der Waals surface area contributed by atoms with Crippen LogP contribution in [0, 0.1) is 0 Å². The highest BCUT2D eigenvalue weighted by Crippen LogP contribution is 2.20. The monoisotopic (exact) mass is 307 g/mol. The smallest absolute Gasteiger partial charge is 0.267 e. The summed E-state index contributed by atoms with van der Waals surface area (Å²) in [6.45, 7) is 0. The van der Waals surface area contributed by atoms with Gasteiger partial charge in [0.1, 0.15) is 0 Å². The highest BCUT2D eigenvalue weighted by atomic mass is 35.5. The Kier molecular flexibility index (Phi) is 3.08. The van der Waals surface area contributed by atoms with Gasteiger partial charge in [0.2, 0.25) is 0 Å². The van der Waals surface area contributed by atoms with Gasteiger partial charge in [-0.25, -0.2) is 4.98 Å². The van der Waals surface area contributed by atoms with E-state index in [2.05, 4.69) is 10.1 Å². The average Bonchev–Trinajstić information content (AvgIpc) is 2.43. The van der Waals surface area contributed by atoms with E-state index in [-0.39, 0.29) is 10.8 Å². The molecule has 0 atom stereocenters. The molecule has 0 spiro atoms. The van der Waals surface area contributed by atoms with Crippen molar-refractivity contribution in [3.8, 4) is 5.82 Å². The van der Waals surface area contributed by atoms with Crippen LogP contribution in [0.5, 0.6) is 0 Å². The Morgan fingerprint density at radius 3 is 2.50 bits per heavy atom. The Morgan fingerprint density at radius 2 is 1.80 bits per heavy atom. The van der Waals surface area contributed by atoms with Crippen LogP contribution in [0.25, 0.3) is 16.6 Å². The lowest BCUT2D eigenvalue weighted by molar-refractivity contribution is 0.777. The number of nitrogens with one attached hydrogen (secondary N) is 1. The molecular weight excluding hydrogens is 301 g/mol. The molecule has 2 heterocycles. The van der Waals surface area contributed by atoms with Crippen molar-refractivity contribution in [2.45, 2.75) is 0 Å². The van der Waals surface area contributed by atoms with Gasteiger partial charge in [0.15, 0.2) is 5.82 Å². The summed E-state index contributed by atoms with van der Waals surface area (Å²) in [4.78, 5) is 28.4. The molecule has 2 aromatic heterocycles. The van der Waals surface area contributed by atoms with E-state index in [0.29, 0.717) is 15.8 Å². The van der Waals surface area contributed by atoms with Gasteiger partial charge in [-0.2, -0.15) is 4.68 Å². The molecule has 5 nitrogen and oxygen atoms in total. The molecule has 0 radical (unpaired) electrons. The summed E-state index contributed by atoms with van der Waals surface area (Å²) in [5, 5.41) is 3.58. The molecule has 0 amide bonds. The van der Waals surface area contributed by atoms with E-state index in [9.17, 15) is 9.59 Å². The predicted molar refractivity (Wildman–Crippen MR) is 78.0 cm³/mol. The second-order valence-electron chi connectivity index (χ2n) is 4.09. The summed E-state index contributed by atoms with van der Waals surface area (Å²) in [7, 11) is 0. The standard InChI is InChI=1S/C13H7Cl2N3O2/c14-7-5-10(15)11(16-6-7)18-13(20)9-4-2-1-3-8(9)12(19)17-18/h1-6H,(H,17,19). The molecule has 1 aromatic carbocycles. The molecule has 0 bridgehead atoms. The number of H-pyrrole nitrogens is 1. The van der Waals surface area contributed by atoms with Crippen LogP contribution >= 0.6 is 23.2 Å². The maximum Gasteiger partial charge on any atom is 0.279 e. The van der Waals surface area contributed by atoms with Gasteiger partial charge in [0.05, 0.1) is 20.8 Å². The zero-order chi connectivity index (χ0) is 14.3. The first-order valence-corrected chi connectivity index (χ1v) is 6.39. The third-order valence-corrected chi connectivity index (χ3v) is 3.30. The molecule has 3 rings (SSSR count). The van der Waals surface area contributed by atoms with E-state index >= 15 is 0 Å². The Bertz CT molecular complexity index is 931. The number of halogens is 2. The van der Waals surface area contributed by atoms with Crippen molar-refractivity contribution in [2.24, 2.45) is 0 Å². The van der Waals surface area contributed by atoms with Crippen LogP contribution in [0.2, 0.25) is 10.0 Å². The zero-order valence-electron chi connectivity index (χ0n) is 9.93. The number of benzene rings is 1. The predicted octanol–water partition coefficient (Wildman–Crippen LogP) is 2.38. The van der Waals surface area contributed by atoms with E-state index in [0.717, 1.165) is 4.68 Å². The van der Waals surface area contributed by atoms with Crippen molar-refractivity contribution in [1.29, 1.82) is 0 Å². The van der Waals surface area contributed by atoms with Crippen LogP contribution in [-0.2, 0) is 0 Å². The maximum atomic E-state index is 12.4. The normalized spacial score (nSPS) is 10.9. The van der Waals surface area contributed by atoms with Crippen LogP contribution in [0.4, 0.5) is 0 Å². The van der Waals surface area contributed by atoms with Crippen molar-refractivity contribution >= 4 is 34.0 Å². The van der Waals surface area contributed by atoms with Gasteiger partial charge in [-0.05, 0) is 18.2 Å². The molecule has 1 N–H and O–H groups in total. The molecule has 0 unspecified atom stereocenters. The minimum absolute atomic E-state index is 0.129. The molecule has 0 aliphatic heterocycles. The summed E-state index contributed by atoms with van der Waals surface area (Å²) in [5.74, 6) is 0.129. The van der Waals surface area contributed by atoms with Crippen molar-refractivity contribution in [3.63, 3.8) is 0 Å².